The Morgan fingerprint density at radius 3 is 2.55 bits per heavy atom. The van der Waals surface area contributed by atoms with Crippen molar-refractivity contribution in [2.45, 2.75) is 20.8 Å². The fraction of sp³-hybridized carbons (Fsp3) is 0.200. The molecule has 0 saturated heterocycles. The molecule has 3 N–H and O–H groups in total. The second-order valence-electron chi connectivity index (χ2n) is 4.78. The number of thiocarbonyl (C=S) groups is 1. The molecule has 1 heterocycles. The van der Waals surface area contributed by atoms with Crippen molar-refractivity contribution in [3.63, 3.8) is 0 Å². The third-order valence-electron chi connectivity index (χ3n) is 2.97. The predicted molar refractivity (Wildman–Crippen MR) is 91.8 cm³/mol. The van der Waals surface area contributed by atoms with Gasteiger partial charge in [-0.05, 0) is 66.0 Å². The summed E-state index contributed by atoms with van der Waals surface area (Å²) in [5.74, 6) is 0.694. The highest BCUT2D eigenvalue weighted by molar-refractivity contribution is 9.10. The molecule has 0 radical (unpaired) electrons. The lowest BCUT2D eigenvalue weighted by Gasteiger charge is -2.15. The van der Waals surface area contributed by atoms with Crippen molar-refractivity contribution in [2.24, 2.45) is 5.73 Å². The summed E-state index contributed by atoms with van der Waals surface area (Å²) in [4.78, 5) is 4.86. The van der Waals surface area contributed by atoms with Crippen LogP contribution in [0.15, 0.2) is 28.7 Å². The van der Waals surface area contributed by atoms with Crippen LogP contribution in [0.5, 0.6) is 0 Å². The van der Waals surface area contributed by atoms with Gasteiger partial charge in [0.1, 0.15) is 10.8 Å². The fourth-order valence-corrected chi connectivity index (χ4v) is 2.94. The van der Waals surface area contributed by atoms with E-state index >= 15 is 0 Å². The van der Waals surface area contributed by atoms with Crippen LogP contribution in [0.2, 0.25) is 0 Å². The quantitative estimate of drug-likeness (QED) is 0.817. The minimum absolute atomic E-state index is 0.348. The summed E-state index contributed by atoms with van der Waals surface area (Å²) in [6.45, 7) is 5.98. The van der Waals surface area contributed by atoms with Crippen molar-refractivity contribution in [2.75, 3.05) is 5.32 Å². The maximum absolute atomic E-state index is 5.82. The van der Waals surface area contributed by atoms with E-state index in [4.69, 9.17) is 18.0 Å². The molecular formula is C15H16BrN3S. The second kappa shape index (κ2) is 5.89. The second-order valence-corrected chi connectivity index (χ2v) is 6.07. The Morgan fingerprint density at radius 1 is 1.25 bits per heavy atom. The van der Waals surface area contributed by atoms with Gasteiger partial charge in [0.05, 0.1) is 11.3 Å². The van der Waals surface area contributed by atoms with Gasteiger partial charge in [0.15, 0.2) is 0 Å². The number of rotatable bonds is 3. The zero-order chi connectivity index (χ0) is 14.9. The lowest BCUT2D eigenvalue weighted by Crippen LogP contribution is -2.15. The Kier molecular flexibility index (Phi) is 4.40. The average Bonchev–Trinajstić information content (AvgIpc) is 2.31. The van der Waals surface area contributed by atoms with Gasteiger partial charge in [-0.3, -0.25) is 0 Å². The first-order chi connectivity index (χ1) is 9.38. The Morgan fingerprint density at radius 2 is 1.95 bits per heavy atom. The van der Waals surface area contributed by atoms with E-state index in [-0.39, 0.29) is 0 Å². The highest BCUT2D eigenvalue weighted by Gasteiger charge is 2.12. The number of nitrogens with zero attached hydrogens (tertiary/aromatic N) is 1. The summed E-state index contributed by atoms with van der Waals surface area (Å²) in [6, 6.07) is 8.06. The molecule has 0 aliphatic rings. The molecule has 20 heavy (non-hydrogen) atoms. The van der Waals surface area contributed by atoms with Gasteiger partial charge in [0.2, 0.25) is 0 Å². The van der Waals surface area contributed by atoms with Crippen LogP contribution < -0.4 is 11.1 Å². The molecule has 0 saturated carbocycles. The molecule has 104 valence electrons. The minimum atomic E-state index is 0.348. The molecule has 0 aliphatic carbocycles. The molecule has 0 bridgehead atoms. The largest absolute Gasteiger partial charge is 0.389 e. The van der Waals surface area contributed by atoms with E-state index in [2.05, 4.69) is 26.2 Å². The molecule has 1 aromatic carbocycles. The lowest BCUT2D eigenvalue weighted by atomic mass is 10.1. The van der Waals surface area contributed by atoms with Gasteiger partial charge >= 0.3 is 0 Å². The molecule has 0 atom stereocenters. The van der Waals surface area contributed by atoms with Crippen molar-refractivity contribution < 1.29 is 0 Å². The molecular weight excluding hydrogens is 334 g/mol. The summed E-state index contributed by atoms with van der Waals surface area (Å²) >= 11 is 8.69. The number of benzene rings is 1. The highest BCUT2D eigenvalue weighted by Crippen LogP contribution is 2.28. The zero-order valence-corrected chi connectivity index (χ0v) is 14.0. The van der Waals surface area contributed by atoms with Crippen molar-refractivity contribution in [1.82, 2.24) is 4.98 Å². The minimum Gasteiger partial charge on any atom is -0.389 e. The van der Waals surface area contributed by atoms with Crippen LogP contribution >= 0.6 is 28.1 Å². The molecule has 0 spiro atoms. The van der Waals surface area contributed by atoms with Crippen LogP contribution in [-0.2, 0) is 0 Å². The van der Waals surface area contributed by atoms with Crippen LogP contribution in [0.4, 0.5) is 11.5 Å². The van der Waals surface area contributed by atoms with Crippen LogP contribution in [0.1, 0.15) is 22.4 Å². The Labute approximate surface area is 132 Å². The Bertz CT molecular complexity index is 683. The van der Waals surface area contributed by atoms with E-state index in [1.165, 1.54) is 5.56 Å². The monoisotopic (exact) mass is 349 g/mol. The van der Waals surface area contributed by atoms with Gasteiger partial charge < -0.3 is 11.1 Å². The topological polar surface area (TPSA) is 50.9 Å². The number of hydrogen-bond donors (Lipinski definition) is 2. The first-order valence-corrected chi connectivity index (χ1v) is 7.40. The summed E-state index contributed by atoms with van der Waals surface area (Å²) in [5.41, 5.74) is 10.7. The molecule has 3 nitrogen and oxygen atoms in total. The number of pyridine rings is 1. The van der Waals surface area contributed by atoms with Crippen LogP contribution in [0, 0.1) is 20.8 Å². The molecule has 0 unspecified atom stereocenters. The normalized spacial score (nSPS) is 10.4. The maximum Gasteiger partial charge on any atom is 0.141 e. The number of halogens is 1. The smallest absolute Gasteiger partial charge is 0.141 e. The van der Waals surface area contributed by atoms with Crippen molar-refractivity contribution in [3.05, 3.63) is 51.1 Å². The fourth-order valence-electron chi connectivity index (χ4n) is 2.09. The molecule has 0 fully saturated rings. The number of nitrogens with two attached hydrogens (primary N) is 1. The van der Waals surface area contributed by atoms with E-state index in [0.29, 0.717) is 10.8 Å². The lowest BCUT2D eigenvalue weighted by molar-refractivity contribution is 1.17. The molecule has 2 aromatic rings. The number of hydrogen-bond acceptors (Lipinski definition) is 3. The van der Waals surface area contributed by atoms with Gasteiger partial charge in [0, 0.05) is 10.2 Å². The van der Waals surface area contributed by atoms with Crippen molar-refractivity contribution in [3.8, 4) is 0 Å². The first-order valence-electron chi connectivity index (χ1n) is 6.19. The molecule has 5 heteroatoms. The highest BCUT2D eigenvalue weighted by atomic mass is 79.9. The number of aryl methyl sites for hydroxylation is 3. The maximum atomic E-state index is 5.82. The summed E-state index contributed by atoms with van der Waals surface area (Å²) in [7, 11) is 0. The predicted octanol–water partition coefficient (Wildman–Crippen LogP) is 4.15. The molecule has 0 amide bonds. The van der Waals surface area contributed by atoms with Gasteiger partial charge in [-0.1, -0.05) is 18.3 Å². The average molecular weight is 350 g/mol. The Hall–Kier alpha value is -1.46. The molecule has 1 aromatic heterocycles. The Balaban J connectivity index is 2.50. The summed E-state index contributed by atoms with van der Waals surface area (Å²) in [5, 5.41) is 3.31. The van der Waals surface area contributed by atoms with Gasteiger partial charge in [-0.25, -0.2) is 4.98 Å². The van der Waals surface area contributed by atoms with Crippen molar-refractivity contribution in [1.29, 1.82) is 0 Å². The van der Waals surface area contributed by atoms with Crippen LogP contribution in [0.25, 0.3) is 0 Å². The van der Waals surface area contributed by atoms with E-state index in [1.807, 2.05) is 45.0 Å². The van der Waals surface area contributed by atoms with E-state index in [1.54, 1.807) is 0 Å². The van der Waals surface area contributed by atoms with Crippen LogP contribution in [-0.4, -0.2) is 9.97 Å². The first kappa shape index (κ1) is 14.9. The van der Waals surface area contributed by atoms with E-state index in [0.717, 1.165) is 27.0 Å². The number of nitrogens with one attached hydrogen (secondary N) is 1. The zero-order valence-electron chi connectivity index (χ0n) is 11.6. The van der Waals surface area contributed by atoms with Crippen LogP contribution in [0.3, 0.4) is 0 Å². The van der Waals surface area contributed by atoms with E-state index < -0.39 is 0 Å². The van der Waals surface area contributed by atoms with Gasteiger partial charge in [0.25, 0.3) is 0 Å². The molecule has 2 rings (SSSR count). The third kappa shape index (κ3) is 3.16. The summed E-state index contributed by atoms with van der Waals surface area (Å²) < 4.78 is 0.979. The SMILES string of the molecule is Cc1ccc(Nc2nc(C)cc(C)c2C(N)=S)c(Br)c1. The van der Waals surface area contributed by atoms with E-state index in [9.17, 15) is 0 Å². The standard InChI is InChI=1S/C15H16BrN3S/c1-8-4-5-12(11(16)6-8)19-15-13(14(17)20)9(2)7-10(3)18-15/h4-7H,1-3H3,(H2,17,20)(H,18,19). The van der Waals surface area contributed by atoms with Gasteiger partial charge in [-0.15, -0.1) is 0 Å². The third-order valence-corrected chi connectivity index (χ3v) is 3.83. The van der Waals surface area contributed by atoms with Gasteiger partial charge in [-0.2, -0.15) is 0 Å². The number of aromatic nitrogens is 1. The summed E-state index contributed by atoms with van der Waals surface area (Å²) in [6.07, 6.45) is 0. The molecule has 0 aliphatic heterocycles. The number of anilines is 2. The van der Waals surface area contributed by atoms with Crippen molar-refractivity contribution >= 4 is 44.6 Å².